The summed E-state index contributed by atoms with van der Waals surface area (Å²) in [5.41, 5.74) is -0.172. The van der Waals surface area contributed by atoms with E-state index in [1.807, 2.05) is 0 Å². The molecule has 0 aliphatic heterocycles. The van der Waals surface area contributed by atoms with E-state index in [9.17, 15) is 9.59 Å². The number of methoxy groups -OCH3 is 2. The van der Waals surface area contributed by atoms with Crippen molar-refractivity contribution in [1.29, 1.82) is 0 Å². The molecule has 1 aromatic carbocycles. The highest BCUT2D eigenvalue weighted by molar-refractivity contribution is 6.30. The van der Waals surface area contributed by atoms with E-state index in [0.29, 0.717) is 23.6 Å². The van der Waals surface area contributed by atoms with Crippen LogP contribution in [0.25, 0.3) is 0 Å². The quantitative estimate of drug-likeness (QED) is 0.838. The maximum absolute atomic E-state index is 12.5. The highest BCUT2D eigenvalue weighted by Crippen LogP contribution is 2.30. The van der Waals surface area contributed by atoms with Gasteiger partial charge in [-0.2, -0.15) is 0 Å². The maximum atomic E-state index is 12.5. The number of amides is 1. The molecule has 1 N–H and O–H groups in total. The van der Waals surface area contributed by atoms with Gasteiger partial charge in [0.05, 0.1) is 20.6 Å². The Bertz CT molecular complexity index is 582. The lowest BCUT2D eigenvalue weighted by Crippen LogP contribution is -2.56. The molecule has 1 fully saturated rings. The van der Waals surface area contributed by atoms with Crippen molar-refractivity contribution in [3.63, 3.8) is 0 Å². The first kappa shape index (κ1) is 17.6. The highest BCUT2D eigenvalue weighted by Gasteiger charge is 2.41. The van der Waals surface area contributed by atoms with Crippen LogP contribution in [0.1, 0.15) is 37.7 Å². The third kappa shape index (κ3) is 4.16. The average Bonchev–Trinajstić information content (AvgIpc) is 2.56. The summed E-state index contributed by atoms with van der Waals surface area (Å²) in [5, 5.41) is 3.44. The Morgan fingerprint density at radius 1 is 1.22 bits per heavy atom. The van der Waals surface area contributed by atoms with Crippen molar-refractivity contribution in [3.05, 3.63) is 28.8 Å². The minimum Gasteiger partial charge on any atom is -0.496 e. The van der Waals surface area contributed by atoms with Crippen molar-refractivity contribution in [2.75, 3.05) is 14.2 Å². The van der Waals surface area contributed by atoms with E-state index in [1.54, 1.807) is 18.2 Å². The molecule has 6 heteroatoms. The van der Waals surface area contributed by atoms with Gasteiger partial charge in [0.2, 0.25) is 5.91 Å². The summed E-state index contributed by atoms with van der Waals surface area (Å²) in [7, 11) is 2.89. The molecule has 0 saturated heterocycles. The van der Waals surface area contributed by atoms with Gasteiger partial charge in [-0.1, -0.05) is 36.9 Å². The molecule has 2 rings (SSSR count). The Hall–Kier alpha value is -1.75. The monoisotopic (exact) mass is 339 g/mol. The molecular formula is C17H22ClNO4. The van der Waals surface area contributed by atoms with Crippen LogP contribution in [-0.2, 0) is 20.7 Å². The van der Waals surface area contributed by atoms with Gasteiger partial charge in [-0.25, -0.2) is 4.79 Å². The molecule has 1 aromatic rings. The number of esters is 1. The molecule has 23 heavy (non-hydrogen) atoms. The van der Waals surface area contributed by atoms with Gasteiger partial charge in [0.15, 0.2) is 0 Å². The third-order valence-corrected chi connectivity index (χ3v) is 4.50. The Morgan fingerprint density at radius 2 is 1.91 bits per heavy atom. The number of carbonyl (C=O) groups excluding carboxylic acids is 2. The Kier molecular flexibility index (Phi) is 5.88. The van der Waals surface area contributed by atoms with Crippen molar-refractivity contribution in [1.82, 2.24) is 5.32 Å². The van der Waals surface area contributed by atoms with Gasteiger partial charge in [-0.05, 0) is 25.0 Å². The van der Waals surface area contributed by atoms with Crippen molar-refractivity contribution in [3.8, 4) is 5.75 Å². The smallest absolute Gasteiger partial charge is 0.331 e. The fraction of sp³-hybridized carbons (Fsp3) is 0.529. The maximum Gasteiger partial charge on any atom is 0.331 e. The van der Waals surface area contributed by atoms with Crippen molar-refractivity contribution >= 4 is 23.5 Å². The predicted molar refractivity (Wildman–Crippen MR) is 87.7 cm³/mol. The molecule has 1 aliphatic rings. The summed E-state index contributed by atoms with van der Waals surface area (Å²) >= 11 is 5.93. The van der Waals surface area contributed by atoms with Crippen LogP contribution in [0.2, 0.25) is 5.02 Å². The lowest BCUT2D eigenvalue weighted by molar-refractivity contribution is -0.152. The molecule has 0 unspecified atom stereocenters. The van der Waals surface area contributed by atoms with E-state index in [-0.39, 0.29) is 18.3 Å². The first-order valence-electron chi connectivity index (χ1n) is 7.72. The summed E-state index contributed by atoms with van der Waals surface area (Å²) in [4.78, 5) is 24.6. The molecule has 0 spiro atoms. The lowest BCUT2D eigenvalue weighted by atomic mass is 9.81. The lowest BCUT2D eigenvalue weighted by Gasteiger charge is -2.35. The molecular weight excluding hydrogens is 318 g/mol. The van der Waals surface area contributed by atoms with Crippen LogP contribution in [-0.4, -0.2) is 31.6 Å². The molecule has 0 radical (unpaired) electrons. The largest absolute Gasteiger partial charge is 0.496 e. The molecule has 1 saturated carbocycles. The van der Waals surface area contributed by atoms with E-state index in [2.05, 4.69) is 5.32 Å². The normalized spacial score (nSPS) is 16.5. The van der Waals surface area contributed by atoms with Gasteiger partial charge < -0.3 is 14.8 Å². The summed E-state index contributed by atoms with van der Waals surface area (Å²) < 4.78 is 10.2. The van der Waals surface area contributed by atoms with E-state index in [1.165, 1.54) is 14.2 Å². The third-order valence-electron chi connectivity index (χ3n) is 4.26. The zero-order valence-electron chi connectivity index (χ0n) is 13.5. The molecule has 5 nitrogen and oxygen atoms in total. The minimum absolute atomic E-state index is 0.124. The standard InChI is InChI=1S/C17H22ClNO4/c1-22-14-11-13(18)7-6-12(14)10-15(20)19-17(16(21)23-2)8-4-3-5-9-17/h6-7,11H,3-5,8-10H2,1-2H3,(H,19,20). The first-order valence-corrected chi connectivity index (χ1v) is 8.10. The van der Waals surface area contributed by atoms with E-state index in [0.717, 1.165) is 24.8 Å². The zero-order chi connectivity index (χ0) is 16.9. The fourth-order valence-corrected chi connectivity index (χ4v) is 3.24. The second kappa shape index (κ2) is 7.68. The van der Waals surface area contributed by atoms with Crippen molar-refractivity contribution in [2.45, 2.75) is 44.1 Å². The average molecular weight is 340 g/mol. The fourth-order valence-electron chi connectivity index (χ4n) is 3.08. The van der Waals surface area contributed by atoms with Crippen LogP contribution in [0.4, 0.5) is 0 Å². The summed E-state index contributed by atoms with van der Waals surface area (Å²) in [6.07, 6.45) is 4.23. The van der Waals surface area contributed by atoms with Crippen LogP contribution in [0.3, 0.4) is 0 Å². The molecule has 126 valence electrons. The Morgan fingerprint density at radius 3 is 2.52 bits per heavy atom. The topological polar surface area (TPSA) is 64.6 Å². The van der Waals surface area contributed by atoms with Gasteiger partial charge >= 0.3 is 5.97 Å². The van der Waals surface area contributed by atoms with Gasteiger partial charge in [0.1, 0.15) is 11.3 Å². The van der Waals surface area contributed by atoms with Crippen LogP contribution in [0.5, 0.6) is 5.75 Å². The van der Waals surface area contributed by atoms with Crippen LogP contribution >= 0.6 is 11.6 Å². The molecule has 0 bridgehead atoms. The minimum atomic E-state index is -0.899. The molecule has 0 aromatic heterocycles. The van der Waals surface area contributed by atoms with Gasteiger partial charge in [-0.3, -0.25) is 4.79 Å². The number of rotatable bonds is 5. The SMILES string of the molecule is COC(=O)C1(NC(=O)Cc2ccc(Cl)cc2OC)CCCCC1. The number of nitrogens with one attached hydrogen (secondary N) is 1. The summed E-state index contributed by atoms with van der Waals surface area (Å²) in [6.45, 7) is 0. The first-order chi connectivity index (χ1) is 11.0. The van der Waals surface area contributed by atoms with Gasteiger partial charge in [0, 0.05) is 10.6 Å². The predicted octanol–water partition coefficient (Wildman–Crippen LogP) is 2.88. The number of ether oxygens (including phenoxy) is 2. The summed E-state index contributed by atoms with van der Waals surface area (Å²) in [6, 6.07) is 5.14. The Labute approximate surface area is 141 Å². The van der Waals surface area contributed by atoms with Gasteiger partial charge in [0.25, 0.3) is 0 Å². The highest BCUT2D eigenvalue weighted by atomic mass is 35.5. The molecule has 1 amide bonds. The number of halogens is 1. The number of carbonyl (C=O) groups is 2. The van der Waals surface area contributed by atoms with Crippen LogP contribution < -0.4 is 10.1 Å². The van der Waals surface area contributed by atoms with E-state index in [4.69, 9.17) is 21.1 Å². The molecule has 0 heterocycles. The number of hydrogen-bond donors (Lipinski definition) is 1. The van der Waals surface area contributed by atoms with Gasteiger partial charge in [-0.15, -0.1) is 0 Å². The zero-order valence-corrected chi connectivity index (χ0v) is 14.2. The second-order valence-corrected chi connectivity index (χ2v) is 6.25. The second-order valence-electron chi connectivity index (χ2n) is 5.82. The number of benzene rings is 1. The molecule has 1 aliphatic carbocycles. The molecule has 0 atom stereocenters. The number of hydrogen-bond acceptors (Lipinski definition) is 4. The van der Waals surface area contributed by atoms with Crippen LogP contribution in [0.15, 0.2) is 18.2 Å². The van der Waals surface area contributed by atoms with E-state index < -0.39 is 5.54 Å². The Balaban J connectivity index is 2.12. The van der Waals surface area contributed by atoms with E-state index >= 15 is 0 Å². The van der Waals surface area contributed by atoms with Crippen molar-refractivity contribution in [2.24, 2.45) is 0 Å². The van der Waals surface area contributed by atoms with Crippen LogP contribution in [0, 0.1) is 0 Å². The van der Waals surface area contributed by atoms with Crippen molar-refractivity contribution < 1.29 is 19.1 Å². The summed E-state index contributed by atoms with van der Waals surface area (Å²) in [5.74, 6) is -0.0324.